The van der Waals surface area contributed by atoms with Crippen molar-refractivity contribution >= 4 is 5.97 Å². The molecule has 0 bridgehead atoms. The van der Waals surface area contributed by atoms with Gasteiger partial charge >= 0.3 is 5.97 Å². The first-order valence-electron chi connectivity index (χ1n) is 10.7. The highest BCUT2D eigenvalue weighted by atomic mass is 19.1. The van der Waals surface area contributed by atoms with Crippen LogP contribution in [0.3, 0.4) is 0 Å². The zero-order valence-corrected chi connectivity index (χ0v) is 17.4. The Morgan fingerprint density at radius 3 is 2.50 bits per heavy atom. The van der Waals surface area contributed by atoms with Crippen molar-refractivity contribution in [3.63, 3.8) is 0 Å². The average Bonchev–Trinajstić information content (AvgIpc) is 2.77. The van der Waals surface area contributed by atoms with Crippen LogP contribution < -0.4 is 4.74 Å². The van der Waals surface area contributed by atoms with Crippen LogP contribution in [0, 0.1) is 23.1 Å². The third kappa shape index (κ3) is 5.90. The Balaban J connectivity index is 1.51. The summed E-state index contributed by atoms with van der Waals surface area (Å²) >= 11 is 0. The van der Waals surface area contributed by atoms with Gasteiger partial charge < -0.3 is 9.47 Å². The van der Waals surface area contributed by atoms with E-state index in [2.05, 4.69) is 6.92 Å². The largest absolute Gasteiger partial charge is 0.423 e. The van der Waals surface area contributed by atoms with Crippen LogP contribution in [0.2, 0.25) is 0 Å². The smallest absolute Gasteiger partial charge is 0.343 e. The van der Waals surface area contributed by atoms with Crippen LogP contribution in [0.1, 0.15) is 72.9 Å². The summed E-state index contributed by atoms with van der Waals surface area (Å²) in [5.74, 6) is -0.00193. The average molecular weight is 410 g/mol. The Morgan fingerprint density at radius 1 is 1.13 bits per heavy atom. The molecule has 0 N–H and O–H groups in total. The molecule has 1 fully saturated rings. The van der Waals surface area contributed by atoms with Gasteiger partial charge in [-0.1, -0.05) is 25.5 Å². The SMILES string of the molecule is CCCCOC[C@H]1CC[C@H](c2ccc(C(=O)Oc3ccc(C#N)c(F)c3)cc2)CC1. The second-order valence-electron chi connectivity index (χ2n) is 7.91. The molecule has 0 aromatic heterocycles. The number of carbonyl (C=O) groups excluding carboxylic acids is 1. The zero-order valence-electron chi connectivity index (χ0n) is 17.4. The number of ether oxygens (including phenoxy) is 2. The van der Waals surface area contributed by atoms with Crippen molar-refractivity contribution in [1.29, 1.82) is 5.26 Å². The molecule has 3 rings (SSSR count). The van der Waals surface area contributed by atoms with Crippen LogP contribution in [0.15, 0.2) is 42.5 Å². The zero-order chi connectivity index (χ0) is 21.3. The van der Waals surface area contributed by atoms with Crippen molar-refractivity contribution in [3.8, 4) is 11.8 Å². The second-order valence-corrected chi connectivity index (χ2v) is 7.91. The van der Waals surface area contributed by atoms with Gasteiger partial charge in [0.15, 0.2) is 0 Å². The maximum atomic E-state index is 13.7. The molecule has 0 heterocycles. The quantitative estimate of drug-likeness (QED) is 0.304. The highest BCUT2D eigenvalue weighted by molar-refractivity contribution is 5.91. The minimum Gasteiger partial charge on any atom is -0.423 e. The van der Waals surface area contributed by atoms with E-state index < -0.39 is 11.8 Å². The highest BCUT2D eigenvalue weighted by Gasteiger charge is 2.23. The maximum Gasteiger partial charge on any atom is 0.343 e. The summed E-state index contributed by atoms with van der Waals surface area (Å²) in [7, 11) is 0. The molecule has 0 saturated heterocycles. The van der Waals surface area contributed by atoms with E-state index in [0.717, 1.165) is 38.5 Å². The minimum absolute atomic E-state index is 0.0820. The van der Waals surface area contributed by atoms with E-state index in [9.17, 15) is 9.18 Å². The second kappa shape index (κ2) is 10.9. The Hall–Kier alpha value is -2.71. The minimum atomic E-state index is -0.704. The lowest BCUT2D eigenvalue weighted by molar-refractivity contribution is 0.0734. The van der Waals surface area contributed by atoms with Gasteiger partial charge in [-0.25, -0.2) is 9.18 Å². The van der Waals surface area contributed by atoms with Crippen LogP contribution in [0.25, 0.3) is 0 Å². The Kier molecular flexibility index (Phi) is 7.98. The highest BCUT2D eigenvalue weighted by Crippen LogP contribution is 2.36. The Bertz CT molecular complexity index is 880. The van der Waals surface area contributed by atoms with E-state index >= 15 is 0 Å². The van der Waals surface area contributed by atoms with Crippen LogP contribution >= 0.6 is 0 Å². The number of nitriles is 1. The molecule has 0 atom stereocenters. The molecule has 0 amide bonds. The molecule has 1 saturated carbocycles. The van der Waals surface area contributed by atoms with E-state index in [1.165, 1.54) is 37.0 Å². The number of carbonyl (C=O) groups is 1. The standard InChI is InChI=1S/C25H28FNO3/c1-2-3-14-29-17-18-4-6-19(7-5-18)20-8-10-21(11-9-20)25(28)30-23-13-12-22(16-27)24(26)15-23/h8-13,15,18-19H,2-7,14,17H2,1H3/t18-,19-. The fraction of sp³-hybridized carbons (Fsp3) is 0.440. The summed E-state index contributed by atoms with van der Waals surface area (Å²) in [6, 6.07) is 13.0. The van der Waals surface area contributed by atoms with Crippen molar-refractivity contribution < 1.29 is 18.7 Å². The fourth-order valence-corrected chi connectivity index (χ4v) is 3.87. The van der Waals surface area contributed by atoms with E-state index in [0.29, 0.717) is 17.4 Å². The molecule has 1 aliphatic rings. The number of unbranched alkanes of at least 4 members (excludes halogenated alkanes) is 1. The van der Waals surface area contributed by atoms with E-state index in [-0.39, 0.29) is 11.3 Å². The molecule has 30 heavy (non-hydrogen) atoms. The van der Waals surface area contributed by atoms with Gasteiger partial charge in [-0.3, -0.25) is 0 Å². The van der Waals surface area contributed by atoms with E-state index in [4.69, 9.17) is 14.7 Å². The van der Waals surface area contributed by atoms with E-state index in [1.807, 2.05) is 12.1 Å². The van der Waals surface area contributed by atoms with Crippen molar-refractivity contribution in [2.24, 2.45) is 5.92 Å². The summed E-state index contributed by atoms with van der Waals surface area (Å²) in [6.07, 6.45) is 6.91. The third-order valence-electron chi connectivity index (χ3n) is 5.73. The number of hydrogen-bond acceptors (Lipinski definition) is 4. The molecule has 0 aliphatic heterocycles. The molecule has 0 spiro atoms. The van der Waals surface area contributed by atoms with Crippen LogP contribution in [0.4, 0.5) is 4.39 Å². The first-order chi connectivity index (χ1) is 14.6. The molecule has 0 radical (unpaired) electrons. The van der Waals surface area contributed by atoms with Crippen molar-refractivity contribution in [3.05, 3.63) is 65.0 Å². The van der Waals surface area contributed by atoms with Crippen LogP contribution in [-0.2, 0) is 4.74 Å². The summed E-state index contributed by atoms with van der Waals surface area (Å²) in [4.78, 5) is 12.3. The van der Waals surface area contributed by atoms with Gasteiger partial charge in [-0.05, 0) is 73.8 Å². The first kappa shape index (κ1) is 22.0. The molecule has 5 heteroatoms. The Morgan fingerprint density at radius 2 is 1.87 bits per heavy atom. The van der Waals surface area contributed by atoms with Crippen molar-refractivity contribution in [2.45, 2.75) is 51.4 Å². The summed E-state index contributed by atoms with van der Waals surface area (Å²) in [6.45, 7) is 3.91. The molecule has 158 valence electrons. The van der Waals surface area contributed by atoms with Gasteiger partial charge in [0.05, 0.1) is 11.1 Å². The number of esters is 1. The van der Waals surface area contributed by atoms with E-state index in [1.54, 1.807) is 18.2 Å². The lowest BCUT2D eigenvalue weighted by Gasteiger charge is -2.28. The number of halogens is 1. The number of rotatable bonds is 8. The monoisotopic (exact) mass is 409 g/mol. The van der Waals surface area contributed by atoms with Crippen LogP contribution in [0.5, 0.6) is 5.75 Å². The normalized spacial score (nSPS) is 18.6. The fourth-order valence-electron chi connectivity index (χ4n) is 3.87. The molecule has 2 aromatic rings. The number of nitrogens with zero attached hydrogens (tertiary/aromatic N) is 1. The van der Waals surface area contributed by atoms with Gasteiger partial charge in [0.1, 0.15) is 17.6 Å². The summed E-state index contributed by atoms with van der Waals surface area (Å²) in [5, 5.41) is 8.77. The van der Waals surface area contributed by atoms with Gasteiger partial charge in [-0.15, -0.1) is 0 Å². The van der Waals surface area contributed by atoms with Gasteiger partial charge in [0, 0.05) is 19.3 Å². The predicted molar refractivity (Wildman–Crippen MR) is 113 cm³/mol. The molecule has 0 unspecified atom stereocenters. The topological polar surface area (TPSA) is 59.3 Å². The Labute approximate surface area is 177 Å². The summed E-state index contributed by atoms with van der Waals surface area (Å²) in [5.41, 5.74) is 1.57. The van der Waals surface area contributed by atoms with Crippen molar-refractivity contribution in [1.82, 2.24) is 0 Å². The molecule has 2 aromatic carbocycles. The predicted octanol–water partition coefficient (Wildman–Crippen LogP) is 6.01. The molecular weight excluding hydrogens is 381 g/mol. The van der Waals surface area contributed by atoms with Crippen molar-refractivity contribution in [2.75, 3.05) is 13.2 Å². The maximum absolute atomic E-state index is 13.7. The van der Waals surface area contributed by atoms with Gasteiger partial charge in [-0.2, -0.15) is 5.26 Å². The van der Waals surface area contributed by atoms with Gasteiger partial charge in [0.25, 0.3) is 0 Å². The van der Waals surface area contributed by atoms with Crippen LogP contribution in [-0.4, -0.2) is 19.2 Å². The van der Waals surface area contributed by atoms with Gasteiger partial charge in [0.2, 0.25) is 0 Å². The number of benzene rings is 2. The third-order valence-corrected chi connectivity index (χ3v) is 5.73. The molecular formula is C25H28FNO3. The lowest BCUT2D eigenvalue weighted by atomic mass is 9.79. The molecule has 1 aliphatic carbocycles. The number of hydrogen-bond donors (Lipinski definition) is 0. The molecule has 4 nitrogen and oxygen atoms in total. The lowest BCUT2D eigenvalue weighted by Crippen LogP contribution is -2.18. The first-order valence-corrected chi connectivity index (χ1v) is 10.7. The summed E-state index contributed by atoms with van der Waals surface area (Å²) < 4.78 is 24.7.